The summed E-state index contributed by atoms with van der Waals surface area (Å²) < 4.78 is 6.88. The first-order valence-electron chi connectivity index (χ1n) is 10.8. The molecule has 1 aliphatic heterocycles. The van der Waals surface area contributed by atoms with E-state index in [2.05, 4.69) is 10.3 Å². The third-order valence-corrected chi connectivity index (χ3v) is 6.27. The van der Waals surface area contributed by atoms with Crippen molar-refractivity contribution in [1.82, 2.24) is 15.1 Å². The number of hydrogen-bond acceptors (Lipinski definition) is 7. The van der Waals surface area contributed by atoms with Crippen molar-refractivity contribution >= 4 is 40.3 Å². The number of para-hydroxylation sites is 1. The number of nitrogens with zero attached hydrogens (tertiary/aromatic N) is 4. The Hall–Kier alpha value is -4.70. The number of aliphatic imine (C=N–C) groups is 1. The van der Waals surface area contributed by atoms with Crippen LogP contribution >= 0.6 is 11.8 Å². The van der Waals surface area contributed by atoms with Gasteiger partial charge < -0.3 is 10.1 Å². The molecule has 0 saturated carbocycles. The highest BCUT2D eigenvalue weighted by Gasteiger charge is 2.25. The lowest BCUT2D eigenvalue weighted by Gasteiger charge is -2.01. The Morgan fingerprint density at radius 3 is 2.44 bits per heavy atom. The van der Waals surface area contributed by atoms with Gasteiger partial charge in [0.25, 0.3) is 11.6 Å². The Kier molecular flexibility index (Phi) is 6.33. The van der Waals surface area contributed by atoms with Crippen molar-refractivity contribution in [2.75, 3.05) is 7.11 Å². The maximum atomic E-state index is 12.7. The minimum Gasteiger partial charge on any atom is -0.497 e. The second-order valence-corrected chi connectivity index (χ2v) is 8.73. The molecule has 1 saturated heterocycles. The zero-order valence-electron chi connectivity index (χ0n) is 19.0. The number of rotatable bonds is 6. The number of amides is 1. The van der Waals surface area contributed by atoms with Crippen LogP contribution in [0, 0.1) is 10.1 Å². The van der Waals surface area contributed by atoms with Crippen LogP contribution in [0.5, 0.6) is 5.75 Å². The van der Waals surface area contributed by atoms with Crippen LogP contribution in [0.4, 0.5) is 11.4 Å². The molecule has 3 aromatic carbocycles. The van der Waals surface area contributed by atoms with Gasteiger partial charge in [-0.3, -0.25) is 14.9 Å². The van der Waals surface area contributed by atoms with Crippen molar-refractivity contribution in [1.29, 1.82) is 0 Å². The lowest BCUT2D eigenvalue weighted by molar-refractivity contribution is -0.384. The molecule has 9 nitrogen and oxygen atoms in total. The predicted molar refractivity (Wildman–Crippen MR) is 139 cm³/mol. The van der Waals surface area contributed by atoms with Gasteiger partial charge in [0.15, 0.2) is 5.17 Å². The molecule has 1 amide bonds. The molecule has 0 aliphatic carbocycles. The minimum absolute atomic E-state index is 0.00809. The van der Waals surface area contributed by atoms with E-state index in [4.69, 9.17) is 9.84 Å². The van der Waals surface area contributed by atoms with Crippen molar-refractivity contribution in [3.05, 3.63) is 106 Å². The fraction of sp³-hybridized carbons (Fsp3) is 0.0385. The summed E-state index contributed by atoms with van der Waals surface area (Å²) in [6.07, 6.45) is 3.57. The van der Waals surface area contributed by atoms with Gasteiger partial charge in [-0.25, -0.2) is 9.67 Å². The molecule has 0 bridgehead atoms. The first kappa shape index (κ1) is 23.1. The van der Waals surface area contributed by atoms with Gasteiger partial charge in [0.1, 0.15) is 5.75 Å². The van der Waals surface area contributed by atoms with Gasteiger partial charge in [-0.05, 0) is 66.4 Å². The minimum atomic E-state index is -0.446. The third-order valence-electron chi connectivity index (χ3n) is 5.36. The molecule has 1 fully saturated rings. The molecule has 1 aromatic heterocycles. The van der Waals surface area contributed by atoms with Crippen molar-refractivity contribution in [3.8, 4) is 22.7 Å². The summed E-state index contributed by atoms with van der Waals surface area (Å²) in [5.41, 5.74) is 3.49. The van der Waals surface area contributed by atoms with Gasteiger partial charge in [-0.2, -0.15) is 5.10 Å². The van der Waals surface area contributed by atoms with Crippen LogP contribution in [-0.4, -0.2) is 32.9 Å². The van der Waals surface area contributed by atoms with Crippen LogP contribution in [0.15, 0.2) is 95.0 Å². The third kappa shape index (κ3) is 4.89. The van der Waals surface area contributed by atoms with Crippen LogP contribution < -0.4 is 10.1 Å². The largest absolute Gasteiger partial charge is 0.497 e. The first-order valence-corrected chi connectivity index (χ1v) is 11.7. The molecule has 1 aliphatic rings. The lowest BCUT2D eigenvalue weighted by atomic mass is 10.1. The number of amidine groups is 1. The average molecular weight is 498 g/mol. The monoisotopic (exact) mass is 497 g/mol. The number of nitro benzene ring substituents is 1. The number of benzene rings is 3. The first-order chi connectivity index (χ1) is 17.5. The number of thioether (sulfide) groups is 1. The topological polar surface area (TPSA) is 112 Å². The van der Waals surface area contributed by atoms with Crippen molar-refractivity contribution < 1.29 is 14.5 Å². The quantitative estimate of drug-likeness (QED) is 0.218. The van der Waals surface area contributed by atoms with E-state index >= 15 is 0 Å². The molecule has 0 radical (unpaired) electrons. The van der Waals surface area contributed by atoms with Crippen LogP contribution in [0.25, 0.3) is 23.0 Å². The zero-order valence-corrected chi connectivity index (χ0v) is 19.8. The van der Waals surface area contributed by atoms with E-state index in [9.17, 15) is 14.9 Å². The van der Waals surface area contributed by atoms with Crippen molar-refractivity contribution in [3.63, 3.8) is 0 Å². The summed E-state index contributed by atoms with van der Waals surface area (Å²) in [5, 5.41) is 19.0. The van der Waals surface area contributed by atoms with Gasteiger partial charge >= 0.3 is 0 Å². The summed E-state index contributed by atoms with van der Waals surface area (Å²) in [4.78, 5) is 28.3. The summed E-state index contributed by atoms with van der Waals surface area (Å²) in [7, 11) is 1.59. The van der Waals surface area contributed by atoms with E-state index in [-0.39, 0.29) is 11.6 Å². The van der Waals surface area contributed by atoms with E-state index in [1.54, 1.807) is 54.3 Å². The Labute approximate surface area is 210 Å². The van der Waals surface area contributed by atoms with Gasteiger partial charge in [0.05, 0.1) is 34.0 Å². The lowest BCUT2D eigenvalue weighted by Crippen LogP contribution is -2.19. The Morgan fingerprint density at radius 1 is 1.06 bits per heavy atom. The summed E-state index contributed by atoms with van der Waals surface area (Å²) in [5.74, 6) is 0.450. The number of carbonyl (C=O) groups excluding carboxylic acids is 1. The number of nitrogens with one attached hydrogen (secondary N) is 1. The normalized spacial score (nSPS) is 15.3. The van der Waals surface area contributed by atoms with E-state index in [0.29, 0.717) is 32.6 Å². The molecule has 36 heavy (non-hydrogen) atoms. The molecule has 0 unspecified atom stereocenters. The van der Waals surface area contributed by atoms with Gasteiger partial charge in [0, 0.05) is 29.5 Å². The maximum Gasteiger partial charge on any atom is 0.269 e. The number of aromatic nitrogens is 2. The summed E-state index contributed by atoms with van der Waals surface area (Å²) in [6.45, 7) is 0. The highest BCUT2D eigenvalue weighted by atomic mass is 32.2. The maximum absolute atomic E-state index is 12.7. The van der Waals surface area contributed by atoms with E-state index in [0.717, 1.165) is 11.4 Å². The number of non-ortho nitro benzene ring substituents is 1. The second kappa shape index (κ2) is 9.88. The molecule has 1 N–H and O–H groups in total. The van der Waals surface area contributed by atoms with E-state index in [1.165, 1.54) is 23.9 Å². The summed E-state index contributed by atoms with van der Waals surface area (Å²) in [6, 6.07) is 22.9. The average Bonchev–Trinajstić information content (AvgIpc) is 3.48. The standard InChI is InChI=1S/C26H19N5O4S/c1-35-22-13-9-19(10-14-22)27-26-28-25(32)23(36-26)15-18-16-30(20-5-3-2-4-6-20)29-24(18)17-7-11-21(12-8-17)31(33)34/h2-16H,1H3,(H,27,28,32)/b23-15-. The van der Waals surface area contributed by atoms with Gasteiger partial charge in [-0.1, -0.05) is 18.2 Å². The van der Waals surface area contributed by atoms with Crippen molar-refractivity contribution in [2.45, 2.75) is 0 Å². The smallest absolute Gasteiger partial charge is 0.269 e. The molecule has 2 heterocycles. The van der Waals surface area contributed by atoms with Gasteiger partial charge in [0.2, 0.25) is 0 Å². The van der Waals surface area contributed by atoms with Crippen LogP contribution in [0.3, 0.4) is 0 Å². The van der Waals surface area contributed by atoms with Crippen LogP contribution in [-0.2, 0) is 4.79 Å². The Morgan fingerprint density at radius 2 is 1.78 bits per heavy atom. The van der Waals surface area contributed by atoms with Gasteiger partial charge in [-0.15, -0.1) is 0 Å². The number of methoxy groups -OCH3 is 1. The van der Waals surface area contributed by atoms with Crippen LogP contribution in [0.2, 0.25) is 0 Å². The van der Waals surface area contributed by atoms with Crippen LogP contribution in [0.1, 0.15) is 5.56 Å². The number of carbonyl (C=O) groups is 1. The molecule has 10 heteroatoms. The van der Waals surface area contributed by atoms with Crippen molar-refractivity contribution in [2.24, 2.45) is 4.99 Å². The fourth-order valence-corrected chi connectivity index (χ4v) is 4.40. The summed E-state index contributed by atoms with van der Waals surface area (Å²) >= 11 is 1.23. The van der Waals surface area contributed by atoms with E-state index < -0.39 is 4.92 Å². The second-order valence-electron chi connectivity index (χ2n) is 7.70. The van der Waals surface area contributed by atoms with E-state index in [1.807, 2.05) is 36.5 Å². The number of hydrogen-bond donors (Lipinski definition) is 1. The molecule has 4 aromatic rings. The Balaban J connectivity index is 1.50. The SMILES string of the molecule is COc1ccc(N=C2NC(=O)/C(=C/c3cn(-c4ccccc4)nc3-c3ccc([N+](=O)[O-])cc3)S2)cc1. The zero-order chi connectivity index (χ0) is 25.1. The number of nitro groups is 1. The highest BCUT2D eigenvalue weighted by molar-refractivity contribution is 8.18. The molecule has 0 spiro atoms. The molecule has 178 valence electrons. The molecular formula is C26H19N5O4S. The Bertz CT molecular complexity index is 1490. The molecule has 0 atom stereocenters. The molecular weight excluding hydrogens is 478 g/mol. The predicted octanol–water partition coefficient (Wildman–Crippen LogP) is 5.35. The fourth-order valence-electron chi connectivity index (χ4n) is 3.57. The highest BCUT2D eigenvalue weighted by Crippen LogP contribution is 2.32. The molecule has 5 rings (SSSR count). The number of ether oxygens (including phenoxy) is 1.